The predicted molar refractivity (Wildman–Crippen MR) is 154 cm³/mol. The molecule has 7 rings (SSSR count). The Kier molecular flexibility index (Phi) is 6.47. The molecule has 0 saturated carbocycles. The van der Waals surface area contributed by atoms with Crippen molar-refractivity contribution in [1.29, 1.82) is 0 Å². The third-order valence-electron chi connectivity index (χ3n) is 6.97. The van der Waals surface area contributed by atoms with Crippen LogP contribution in [-0.2, 0) is 20.1 Å². The van der Waals surface area contributed by atoms with Gasteiger partial charge >= 0.3 is 0 Å². The van der Waals surface area contributed by atoms with Crippen molar-refractivity contribution in [3.8, 4) is 39.2 Å². The van der Waals surface area contributed by atoms with Gasteiger partial charge in [0.2, 0.25) is 0 Å². The standard InChI is InChI=1S/C35H23N2.Ir/c1-4-10-25(11-5-1)28-16-18-34-31(22-28)32-23-29(26-12-6-2-7-13-26)17-19-35(32)37(34)30-20-21-36-33(24-30)27-14-8-3-9-15-27;/h1-14,16-24H;/q-1;. The number of hydrogen-bond acceptors (Lipinski definition) is 1. The van der Waals surface area contributed by atoms with E-state index in [1.165, 1.54) is 44.1 Å². The van der Waals surface area contributed by atoms with E-state index in [1.807, 2.05) is 24.4 Å². The maximum Gasteiger partial charge on any atom is 0.0541 e. The Labute approximate surface area is 235 Å². The predicted octanol–water partition coefficient (Wildman–Crippen LogP) is 8.98. The van der Waals surface area contributed by atoms with Crippen molar-refractivity contribution in [3.63, 3.8) is 0 Å². The van der Waals surface area contributed by atoms with E-state index in [0.717, 1.165) is 16.9 Å². The van der Waals surface area contributed by atoms with Gasteiger partial charge in [0, 0.05) is 42.8 Å². The Morgan fingerprint density at radius 3 is 1.66 bits per heavy atom. The van der Waals surface area contributed by atoms with E-state index in [0.29, 0.717) is 0 Å². The molecule has 183 valence electrons. The van der Waals surface area contributed by atoms with Gasteiger partial charge in [0.15, 0.2) is 0 Å². The van der Waals surface area contributed by atoms with Gasteiger partial charge in [-0.2, -0.15) is 0 Å². The van der Waals surface area contributed by atoms with Crippen molar-refractivity contribution >= 4 is 21.8 Å². The monoisotopic (exact) mass is 664 g/mol. The second-order valence-corrected chi connectivity index (χ2v) is 9.21. The molecular formula is C35H23IrN2-. The first kappa shape index (κ1) is 24.1. The van der Waals surface area contributed by atoms with Crippen LogP contribution < -0.4 is 0 Å². The molecule has 0 atom stereocenters. The van der Waals surface area contributed by atoms with Crippen LogP contribution in [0.25, 0.3) is 61.0 Å². The fourth-order valence-corrected chi connectivity index (χ4v) is 5.18. The van der Waals surface area contributed by atoms with Gasteiger partial charge in [-0.3, -0.25) is 0 Å². The minimum atomic E-state index is 0. The fraction of sp³-hybridized carbons (Fsp3) is 0. The summed E-state index contributed by atoms with van der Waals surface area (Å²) >= 11 is 0. The molecule has 0 fully saturated rings. The molecule has 2 aromatic heterocycles. The maximum absolute atomic E-state index is 4.64. The topological polar surface area (TPSA) is 17.8 Å². The zero-order valence-electron chi connectivity index (χ0n) is 20.5. The molecule has 0 bridgehead atoms. The molecule has 3 heteroatoms. The Balaban J connectivity index is 0.00000264. The number of pyridine rings is 1. The van der Waals surface area contributed by atoms with E-state index >= 15 is 0 Å². The van der Waals surface area contributed by atoms with Crippen LogP contribution in [0.4, 0.5) is 0 Å². The normalized spacial score (nSPS) is 10.9. The van der Waals surface area contributed by atoms with E-state index < -0.39 is 0 Å². The van der Waals surface area contributed by atoms with Gasteiger partial charge < -0.3 is 9.55 Å². The molecule has 0 unspecified atom stereocenters. The third kappa shape index (κ3) is 4.26. The zero-order valence-corrected chi connectivity index (χ0v) is 22.9. The molecule has 0 aliphatic rings. The minimum Gasteiger partial charge on any atom is -0.310 e. The Hall–Kier alpha value is -4.30. The molecule has 2 heterocycles. The van der Waals surface area contributed by atoms with E-state index in [2.05, 4.69) is 131 Å². The van der Waals surface area contributed by atoms with Crippen LogP contribution in [-0.4, -0.2) is 9.55 Å². The second kappa shape index (κ2) is 10.2. The molecule has 7 aromatic rings. The molecule has 0 N–H and O–H groups in total. The minimum absolute atomic E-state index is 0. The summed E-state index contributed by atoms with van der Waals surface area (Å²) in [4.78, 5) is 4.64. The van der Waals surface area contributed by atoms with E-state index in [9.17, 15) is 0 Å². The van der Waals surface area contributed by atoms with Gasteiger partial charge in [0.05, 0.1) is 11.0 Å². The Morgan fingerprint density at radius 1 is 0.526 bits per heavy atom. The smallest absolute Gasteiger partial charge is 0.0541 e. The van der Waals surface area contributed by atoms with Crippen LogP contribution in [0.15, 0.2) is 140 Å². The van der Waals surface area contributed by atoms with Crippen LogP contribution in [0.3, 0.4) is 0 Å². The SMILES string of the molecule is [Ir].[c-]1ccccc1-c1cc(-n2c3ccc(-c4ccccc4)cc3c3cc(-c4ccccc4)ccc32)ccn1. The first-order valence-corrected chi connectivity index (χ1v) is 12.5. The van der Waals surface area contributed by atoms with Crippen LogP contribution in [0.1, 0.15) is 0 Å². The number of rotatable bonds is 4. The zero-order chi connectivity index (χ0) is 24.6. The van der Waals surface area contributed by atoms with Gasteiger partial charge in [-0.25, -0.2) is 0 Å². The summed E-state index contributed by atoms with van der Waals surface area (Å²) in [6.45, 7) is 0. The second-order valence-electron chi connectivity index (χ2n) is 9.21. The first-order valence-electron chi connectivity index (χ1n) is 12.5. The molecule has 0 spiro atoms. The maximum atomic E-state index is 4.64. The van der Waals surface area contributed by atoms with Crippen LogP contribution in [0.5, 0.6) is 0 Å². The number of nitrogens with zero attached hydrogens (tertiary/aromatic N) is 2. The molecule has 0 aliphatic heterocycles. The molecule has 0 aliphatic carbocycles. The van der Waals surface area contributed by atoms with Gasteiger partial charge in [-0.15, -0.1) is 35.9 Å². The third-order valence-corrected chi connectivity index (χ3v) is 6.97. The van der Waals surface area contributed by atoms with Crippen molar-refractivity contribution in [2.24, 2.45) is 0 Å². The summed E-state index contributed by atoms with van der Waals surface area (Å²) in [5.41, 5.74) is 10.2. The number of hydrogen-bond donors (Lipinski definition) is 0. The molecular weight excluding hydrogens is 641 g/mol. The van der Waals surface area contributed by atoms with Crippen molar-refractivity contribution < 1.29 is 20.1 Å². The quantitative estimate of drug-likeness (QED) is 0.172. The van der Waals surface area contributed by atoms with Crippen LogP contribution in [0, 0.1) is 6.07 Å². The Morgan fingerprint density at radius 2 is 1.11 bits per heavy atom. The van der Waals surface area contributed by atoms with Gasteiger partial charge in [-0.05, 0) is 58.3 Å². The van der Waals surface area contributed by atoms with Crippen molar-refractivity contribution in [2.45, 2.75) is 0 Å². The molecule has 5 aromatic carbocycles. The van der Waals surface area contributed by atoms with E-state index in [4.69, 9.17) is 0 Å². The van der Waals surface area contributed by atoms with Crippen molar-refractivity contribution in [2.75, 3.05) is 0 Å². The molecule has 0 saturated heterocycles. The summed E-state index contributed by atoms with van der Waals surface area (Å²) < 4.78 is 2.35. The van der Waals surface area contributed by atoms with E-state index in [-0.39, 0.29) is 20.1 Å². The first-order chi connectivity index (χ1) is 18.3. The number of aromatic nitrogens is 2. The van der Waals surface area contributed by atoms with E-state index in [1.54, 1.807) is 0 Å². The van der Waals surface area contributed by atoms with Crippen LogP contribution in [0.2, 0.25) is 0 Å². The summed E-state index contributed by atoms with van der Waals surface area (Å²) in [7, 11) is 0. The number of fused-ring (bicyclic) bond motifs is 3. The molecule has 0 amide bonds. The molecule has 1 radical (unpaired) electrons. The summed E-state index contributed by atoms with van der Waals surface area (Å²) in [6.07, 6.45) is 1.89. The summed E-state index contributed by atoms with van der Waals surface area (Å²) in [5.74, 6) is 0. The van der Waals surface area contributed by atoms with Crippen molar-refractivity contribution in [3.05, 3.63) is 146 Å². The summed E-state index contributed by atoms with van der Waals surface area (Å²) in [6, 6.07) is 50.3. The van der Waals surface area contributed by atoms with Gasteiger partial charge in [0.1, 0.15) is 0 Å². The molecule has 2 nitrogen and oxygen atoms in total. The largest absolute Gasteiger partial charge is 0.310 e. The van der Waals surface area contributed by atoms with Gasteiger partial charge in [0.25, 0.3) is 0 Å². The Bertz CT molecular complexity index is 1760. The molecule has 38 heavy (non-hydrogen) atoms. The van der Waals surface area contributed by atoms with Crippen LogP contribution >= 0.6 is 0 Å². The fourth-order valence-electron chi connectivity index (χ4n) is 5.18. The number of benzene rings is 5. The van der Waals surface area contributed by atoms with Gasteiger partial charge in [-0.1, -0.05) is 78.9 Å². The van der Waals surface area contributed by atoms with Crippen molar-refractivity contribution in [1.82, 2.24) is 9.55 Å². The average Bonchev–Trinajstić information content (AvgIpc) is 3.31. The average molecular weight is 664 g/mol. The summed E-state index contributed by atoms with van der Waals surface area (Å²) in [5, 5.41) is 2.47.